The van der Waals surface area contributed by atoms with Crippen molar-refractivity contribution >= 4 is 11.8 Å². The van der Waals surface area contributed by atoms with Gasteiger partial charge in [-0.25, -0.2) is 0 Å². The molecule has 1 aliphatic carbocycles. The highest BCUT2D eigenvalue weighted by atomic mass is 16.8. The Labute approximate surface area is 240 Å². The zero-order valence-electron chi connectivity index (χ0n) is 24.2. The monoisotopic (exact) mass is 548 g/mol. The molecule has 2 amide bonds. The maximum Gasteiger partial charge on any atom is 0.252 e. The van der Waals surface area contributed by atoms with Gasteiger partial charge in [-0.3, -0.25) is 9.59 Å². The second-order valence-corrected chi connectivity index (χ2v) is 11.8. The summed E-state index contributed by atoms with van der Waals surface area (Å²) in [6.45, 7) is 3.00. The molecule has 2 aliphatic rings. The Morgan fingerprint density at radius 1 is 0.675 bits per heavy atom. The molecular formula is C34H48N2O4. The Hall–Kier alpha value is -2.70. The third-order valence-electron chi connectivity index (χ3n) is 8.26. The average molecular weight is 549 g/mol. The number of hydrogen-bond donors (Lipinski definition) is 2. The molecule has 1 spiro atoms. The van der Waals surface area contributed by atoms with E-state index in [1.165, 1.54) is 51.4 Å². The fourth-order valence-electron chi connectivity index (χ4n) is 6.02. The largest absolute Gasteiger partial charge is 0.350 e. The highest BCUT2D eigenvalue weighted by molar-refractivity contribution is 5.91. The van der Waals surface area contributed by atoms with Crippen LogP contribution in [0, 0.1) is 5.92 Å². The number of amides is 2. The van der Waals surface area contributed by atoms with Crippen LogP contribution in [-0.4, -0.2) is 29.8 Å². The third-order valence-corrected chi connectivity index (χ3v) is 8.26. The summed E-state index contributed by atoms with van der Waals surface area (Å²) in [5.41, 5.74) is 1.99. The zero-order chi connectivity index (χ0) is 28.0. The van der Waals surface area contributed by atoms with Gasteiger partial charge in [0.25, 0.3) is 11.8 Å². The van der Waals surface area contributed by atoms with Crippen LogP contribution in [0.5, 0.6) is 0 Å². The van der Waals surface area contributed by atoms with Gasteiger partial charge in [0.15, 0.2) is 18.0 Å². The summed E-state index contributed by atoms with van der Waals surface area (Å²) in [7, 11) is 0. The Bertz CT molecular complexity index is 965. The summed E-state index contributed by atoms with van der Waals surface area (Å²) < 4.78 is 13.2. The molecule has 0 aromatic heterocycles. The molecule has 0 unspecified atom stereocenters. The summed E-state index contributed by atoms with van der Waals surface area (Å²) in [4.78, 5) is 27.0. The number of benzene rings is 2. The van der Waals surface area contributed by atoms with Crippen molar-refractivity contribution in [2.45, 2.75) is 121 Å². The topological polar surface area (TPSA) is 76.7 Å². The van der Waals surface area contributed by atoms with E-state index in [1.54, 1.807) is 0 Å². The molecule has 6 nitrogen and oxygen atoms in total. The predicted octanol–water partition coefficient (Wildman–Crippen LogP) is 6.82. The van der Waals surface area contributed by atoms with Crippen LogP contribution < -0.4 is 10.6 Å². The first-order valence-corrected chi connectivity index (χ1v) is 15.5. The van der Waals surface area contributed by atoms with Crippen LogP contribution in [0.25, 0.3) is 0 Å². The molecular weight excluding hydrogens is 500 g/mol. The number of carbonyl (C=O) groups excluding carboxylic acids is 2. The van der Waals surface area contributed by atoms with Crippen molar-refractivity contribution in [1.29, 1.82) is 0 Å². The van der Waals surface area contributed by atoms with E-state index in [0.29, 0.717) is 31.8 Å². The first-order valence-electron chi connectivity index (χ1n) is 15.5. The molecule has 1 heterocycles. The van der Waals surface area contributed by atoms with Crippen molar-refractivity contribution < 1.29 is 19.1 Å². The normalized spacial score (nSPS) is 24.5. The van der Waals surface area contributed by atoms with Crippen LogP contribution in [-0.2, 0) is 32.2 Å². The molecule has 1 saturated heterocycles. The van der Waals surface area contributed by atoms with E-state index >= 15 is 0 Å². The molecule has 2 fully saturated rings. The van der Waals surface area contributed by atoms with E-state index in [0.717, 1.165) is 30.4 Å². The van der Waals surface area contributed by atoms with Gasteiger partial charge in [0.2, 0.25) is 0 Å². The van der Waals surface area contributed by atoms with Gasteiger partial charge < -0.3 is 20.1 Å². The van der Waals surface area contributed by atoms with Crippen LogP contribution >= 0.6 is 0 Å². The van der Waals surface area contributed by atoms with E-state index in [1.807, 2.05) is 60.7 Å². The SMILES string of the molecule is C[C@@H]1CCCCCCCCCCCCC2(C1)O[C@@H](C(=O)NCc1ccccc1)[C@H](C(=O)NCc1ccccc1)O2. The van der Waals surface area contributed by atoms with Crippen LogP contribution in [0.3, 0.4) is 0 Å². The molecule has 0 bridgehead atoms. The Morgan fingerprint density at radius 2 is 1.10 bits per heavy atom. The molecule has 2 aromatic carbocycles. The lowest BCUT2D eigenvalue weighted by Crippen LogP contribution is -2.47. The summed E-state index contributed by atoms with van der Waals surface area (Å²) in [6, 6.07) is 19.6. The maximum atomic E-state index is 13.5. The van der Waals surface area contributed by atoms with Crippen LogP contribution in [0.1, 0.15) is 102 Å². The molecule has 2 aromatic rings. The van der Waals surface area contributed by atoms with E-state index in [-0.39, 0.29) is 11.8 Å². The molecule has 6 heteroatoms. The van der Waals surface area contributed by atoms with E-state index in [2.05, 4.69) is 17.6 Å². The summed E-state index contributed by atoms with van der Waals surface area (Å²) in [5, 5.41) is 6.00. The molecule has 1 aliphatic heterocycles. The number of carbonyl (C=O) groups is 2. The smallest absolute Gasteiger partial charge is 0.252 e. The number of hydrogen-bond acceptors (Lipinski definition) is 4. The quantitative estimate of drug-likeness (QED) is 0.415. The van der Waals surface area contributed by atoms with Gasteiger partial charge in [-0.05, 0) is 23.5 Å². The lowest BCUT2D eigenvalue weighted by atomic mass is 9.92. The van der Waals surface area contributed by atoms with E-state index in [4.69, 9.17) is 9.47 Å². The lowest BCUT2D eigenvalue weighted by Gasteiger charge is -2.31. The van der Waals surface area contributed by atoms with Gasteiger partial charge >= 0.3 is 0 Å². The summed E-state index contributed by atoms with van der Waals surface area (Å²) >= 11 is 0. The Balaban J connectivity index is 1.49. The maximum absolute atomic E-state index is 13.5. The Kier molecular flexibility index (Phi) is 12.0. The minimum absolute atomic E-state index is 0.302. The lowest BCUT2D eigenvalue weighted by molar-refractivity contribution is -0.195. The van der Waals surface area contributed by atoms with Gasteiger partial charge in [-0.1, -0.05) is 132 Å². The van der Waals surface area contributed by atoms with Crippen molar-refractivity contribution in [2.24, 2.45) is 5.92 Å². The molecule has 1 saturated carbocycles. The summed E-state index contributed by atoms with van der Waals surface area (Å²) in [6.07, 6.45) is 12.8. The molecule has 0 radical (unpaired) electrons. The first kappa shape index (κ1) is 30.3. The second kappa shape index (κ2) is 15.9. The first-order chi connectivity index (χ1) is 19.5. The van der Waals surface area contributed by atoms with Crippen molar-refractivity contribution in [2.75, 3.05) is 0 Å². The highest BCUT2D eigenvalue weighted by Gasteiger charge is 2.53. The molecule has 218 valence electrons. The summed E-state index contributed by atoms with van der Waals surface area (Å²) in [5.74, 6) is -1.15. The molecule has 3 atom stereocenters. The number of nitrogens with one attached hydrogen (secondary N) is 2. The van der Waals surface area contributed by atoms with Crippen molar-refractivity contribution in [3.63, 3.8) is 0 Å². The van der Waals surface area contributed by atoms with E-state index in [9.17, 15) is 9.59 Å². The molecule has 4 rings (SSSR count). The van der Waals surface area contributed by atoms with Gasteiger partial charge in [-0.2, -0.15) is 0 Å². The standard InChI is InChI=1S/C34H48N2O4/c1-27-18-12-8-6-4-2-3-5-7-9-17-23-34(24-27)39-30(32(37)35-25-28-19-13-10-14-20-28)31(40-34)33(38)36-26-29-21-15-11-16-22-29/h10-11,13-16,19-22,27,30-31H,2-9,12,17-18,23-26H2,1H3,(H,35,37)(H,36,38)/t27-,30-,31-/m1/s1. The van der Waals surface area contributed by atoms with Crippen LogP contribution in [0.2, 0.25) is 0 Å². The Morgan fingerprint density at radius 3 is 1.57 bits per heavy atom. The van der Waals surface area contributed by atoms with Crippen LogP contribution in [0.4, 0.5) is 0 Å². The fourth-order valence-corrected chi connectivity index (χ4v) is 6.02. The minimum atomic E-state index is -0.992. The van der Waals surface area contributed by atoms with Gasteiger partial charge in [-0.15, -0.1) is 0 Å². The fraction of sp³-hybridized carbons (Fsp3) is 0.588. The van der Waals surface area contributed by atoms with Crippen molar-refractivity contribution in [3.05, 3.63) is 71.8 Å². The van der Waals surface area contributed by atoms with Gasteiger partial charge in [0.05, 0.1) is 0 Å². The van der Waals surface area contributed by atoms with Gasteiger partial charge in [0, 0.05) is 25.9 Å². The number of rotatable bonds is 6. The molecule has 2 N–H and O–H groups in total. The van der Waals surface area contributed by atoms with Crippen molar-refractivity contribution in [3.8, 4) is 0 Å². The predicted molar refractivity (Wildman–Crippen MR) is 158 cm³/mol. The van der Waals surface area contributed by atoms with Crippen LogP contribution in [0.15, 0.2) is 60.7 Å². The number of ether oxygens (including phenoxy) is 2. The van der Waals surface area contributed by atoms with Crippen molar-refractivity contribution in [1.82, 2.24) is 10.6 Å². The average Bonchev–Trinajstić information content (AvgIpc) is 3.35. The van der Waals surface area contributed by atoms with Gasteiger partial charge in [0.1, 0.15) is 0 Å². The van der Waals surface area contributed by atoms with E-state index < -0.39 is 18.0 Å². The molecule has 40 heavy (non-hydrogen) atoms. The highest BCUT2D eigenvalue weighted by Crippen LogP contribution is 2.40. The zero-order valence-corrected chi connectivity index (χ0v) is 24.2. The second-order valence-electron chi connectivity index (χ2n) is 11.8. The third kappa shape index (κ3) is 9.45. The minimum Gasteiger partial charge on any atom is -0.350 e.